The average Bonchev–Trinajstić information content (AvgIpc) is 2.99. The molecule has 0 saturated heterocycles. The summed E-state index contributed by atoms with van der Waals surface area (Å²) in [5.74, 6) is 0.121. The minimum Gasteiger partial charge on any atom is -0.494 e. The van der Waals surface area contributed by atoms with Crippen LogP contribution in [0.4, 0.5) is 0 Å². The monoisotopic (exact) mass is 476 g/mol. The van der Waals surface area contributed by atoms with Crippen LogP contribution in [0.5, 0.6) is 5.75 Å². The van der Waals surface area contributed by atoms with Crippen molar-refractivity contribution in [2.24, 2.45) is 4.99 Å². The number of benzene rings is 2. The van der Waals surface area contributed by atoms with Gasteiger partial charge in [-0.05, 0) is 49.7 Å². The Bertz CT molecular complexity index is 1090. The van der Waals surface area contributed by atoms with E-state index in [1.807, 2.05) is 49.4 Å². The van der Waals surface area contributed by atoms with Crippen LogP contribution in [0.2, 0.25) is 0 Å². The second-order valence-corrected chi connectivity index (χ2v) is 8.07. The fourth-order valence-electron chi connectivity index (χ4n) is 2.81. The van der Waals surface area contributed by atoms with Crippen molar-refractivity contribution in [2.45, 2.75) is 26.8 Å². The van der Waals surface area contributed by atoms with Crippen LogP contribution in [-0.4, -0.2) is 29.7 Å². The fraction of sp³-hybridized carbons (Fsp3) is 0.286. The average molecular weight is 477 g/mol. The molecule has 0 unspecified atom stereocenters. The van der Waals surface area contributed by atoms with Crippen LogP contribution < -0.4 is 9.54 Å². The van der Waals surface area contributed by atoms with Crippen LogP contribution in [0.25, 0.3) is 10.2 Å². The lowest BCUT2D eigenvalue weighted by Gasteiger charge is -2.05. The van der Waals surface area contributed by atoms with Gasteiger partial charge < -0.3 is 14.0 Å². The summed E-state index contributed by atoms with van der Waals surface area (Å²) in [5.41, 5.74) is 1.68. The van der Waals surface area contributed by atoms with Crippen LogP contribution in [0.15, 0.2) is 51.9 Å². The topological polar surface area (TPSA) is 69.9 Å². The minimum atomic E-state index is -0.365. The van der Waals surface area contributed by atoms with Gasteiger partial charge >= 0.3 is 5.97 Å². The van der Waals surface area contributed by atoms with E-state index in [1.54, 1.807) is 11.5 Å². The highest BCUT2D eigenvalue weighted by Gasteiger charge is 2.13. The van der Waals surface area contributed by atoms with Crippen LogP contribution in [0.3, 0.4) is 0 Å². The number of halogens is 1. The standard InChI is InChI=1S/C21H21BrN2O4S/c1-3-27-16-8-5-14(6-9-16)11-19(25)23-21-24(13-20(26)28-4-2)17-10-7-15(22)12-18(17)29-21/h5-10,12H,3-4,11,13H2,1-2H3. The lowest BCUT2D eigenvalue weighted by molar-refractivity contribution is -0.143. The Hall–Kier alpha value is -2.45. The molecule has 0 fully saturated rings. The summed E-state index contributed by atoms with van der Waals surface area (Å²) in [6, 6.07) is 13.1. The molecule has 3 rings (SSSR count). The Morgan fingerprint density at radius 3 is 2.55 bits per heavy atom. The Morgan fingerprint density at radius 1 is 1.10 bits per heavy atom. The van der Waals surface area contributed by atoms with Crippen molar-refractivity contribution in [2.75, 3.05) is 13.2 Å². The van der Waals surface area contributed by atoms with Crippen LogP contribution in [0.1, 0.15) is 19.4 Å². The number of hydrogen-bond donors (Lipinski definition) is 0. The predicted octanol–water partition coefficient (Wildman–Crippen LogP) is 4.10. The number of carbonyl (C=O) groups excluding carboxylic acids is 2. The highest BCUT2D eigenvalue weighted by Crippen LogP contribution is 2.22. The molecule has 8 heteroatoms. The molecule has 0 saturated carbocycles. The molecule has 1 heterocycles. The smallest absolute Gasteiger partial charge is 0.326 e. The van der Waals surface area contributed by atoms with E-state index in [0.717, 1.165) is 26.0 Å². The van der Waals surface area contributed by atoms with Gasteiger partial charge in [0.05, 0.1) is 29.9 Å². The number of esters is 1. The summed E-state index contributed by atoms with van der Waals surface area (Å²) in [4.78, 5) is 29.4. The zero-order valence-corrected chi connectivity index (χ0v) is 18.6. The number of rotatable bonds is 7. The number of aromatic nitrogens is 1. The maximum Gasteiger partial charge on any atom is 0.326 e. The summed E-state index contributed by atoms with van der Waals surface area (Å²) in [7, 11) is 0. The molecule has 0 aliphatic rings. The lowest BCUT2D eigenvalue weighted by Crippen LogP contribution is -2.23. The van der Waals surface area contributed by atoms with Crippen molar-refractivity contribution < 1.29 is 19.1 Å². The van der Waals surface area contributed by atoms with Crippen molar-refractivity contribution in [3.8, 4) is 5.75 Å². The normalized spacial score (nSPS) is 11.6. The fourth-order valence-corrected chi connectivity index (χ4v) is 4.41. The van der Waals surface area contributed by atoms with E-state index in [-0.39, 0.29) is 24.8 Å². The molecule has 0 N–H and O–H groups in total. The molecule has 29 heavy (non-hydrogen) atoms. The van der Waals surface area contributed by atoms with Crippen LogP contribution in [-0.2, 0) is 27.3 Å². The molecule has 1 amide bonds. The third kappa shape index (κ3) is 5.55. The number of nitrogens with zero attached hydrogens (tertiary/aromatic N) is 2. The van der Waals surface area contributed by atoms with Gasteiger partial charge in [0.25, 0.3) is 5.91 Å². The van der Waals surface area contributed by atoms with Crippen molar-refractivity contribution in [1.29, 1.82) is 0 Å². The molecule has 0 spiro atoms. The van der Waals surface area contributed by atoms with Crippen molar-refractivity contribution >= 4 is 49.4 Å². The molecule has 0 radical (unpaired) electrons. The van der Waals surface area contributed by atoms with Gasteiger partial charge in [-0.3, -0.25) is 9.59 Å². The maximum atomic E-state index is 12.6. The molecule has 1 aromatic heterocycles. The van der Waals surface area contributed by atoms with Gasteiger partial charge in [0.15, 0.2) is 4.80 Å². The number of amides is 1. The summed E-state index contributed by atoms with van der Waals surface area (Å²) < 4.78 is 14.1. The lowest BCUT2D eigenvalue weighted by atomic mass is 10.1. The minimum absolute atomic E-state index is 0.00460. The van der Waals surface area contributed by atoms with E-state index in [9.17, 15) is 9.59 Å². The van der Waals surface area contributed by atoms with Gasteiger partial charge in [-0.15, -0.1) is 0 Å². The van der Waals surface area contributed by atoms with Gasteiger partial charge in [-0.1, -0.05) is 39.4 Å². The van der Waals surface area contributed by atoms with Crippen molar-refractivity contribution in [3.63, 3.8) is 0 Å². The first-order valence-electron chi connectivity index (χ1n) is 9.24. The molecule has 6 nitrogen and oxygen atoms in total. The first-order chi connectivity index (χ1) is 14.0. The van der Waals surface area contributed by atoms with E-state index in [1.165, 1.54) is 11.3 Å². The predicted molar refractivity (Wildman–Crippen MR) is 116 cm³/mol. The first kappa shape index (κ1) is 21.3. The van der Waals surface area contributed by atoms with Crippen LogP contribution >= 0.6 is 27.3 Å². The Kier molecular flexibility index (Phi) is 7.22. The van der Waals surface area contributed by atoms with E-state index >= 15 is 0 Å². The largest absolute Gasteiger partial charge is 0.494 e. The number of ether oxygens (including phenoxy) is 2. The van der Waals surface area contributed by atoms with Gasteiger partial charge in [-0.2, -0.15) is 4.99 Å². The quantitative estimate of drug-likeness (QED) is 0.481. The molecule has 152 valence electrons. The molecular weight excluding hydrogens is 456 g/mol. The van der Waals surface area contributed by atoms with E-state index in [4.69, 9.17) is 9.47 Å². The molecule has 0 aliphatic carbocycles. The highest BCUT2D eigenvalue weighted by molar-refractivity contribution is 9.10. The number of carbonyl (C=O) groups is 2. The van der Waals surface area contributed by atoms with Crippen molar-refractivity contribution in [1.82, 2.24) is 4.57 Å². The molecule has 0 atom stereocenters. The Balaban J connectivity index is 1.90. The van der Waals surface area contributed by atoms with Crippen LogP contribution in [0, 0.1) is 0 Å². The Morgan fingerprint density at radius 2 is 1.86 bits per heavy atom. The van der Waals surface area contributed by atoms with Gasteiger partial charge in [0, 0.05) is 4.47 Å². The summed E-state index contributed by atoms with van der Waals surface area (Å²) in [5, 5.41) is 0. The molecule has 0 aliphatic heterocycles. The van der Waals surface area contributed by atoms with E-state index < -0.39 is 0 Å². The van der Waals surface area contributed by atoms with Crippen molar-refractivity contribution in [3.05, 3.63) is 57.3 Å². The highest BCUT2D eigenvalue weighted by atomic mass is 79.9. The maximum absolute atomic E-state index is 12.6. The zero-order valence-electron chi connectivity index (χ0n) is 16.2. The second-order valence-electron chi connectivity index (χ2n) is 6.15. The molecule has 3 aromatic rings. The third-order valence-corrected chi connectivity index (χ3v) is 5.58. The summed E-state index contributed by atoms with van der Waals surface area (Å²) in [6.45, 7) is 4.58. The molecule has 0 bridgehead atoms. The SMILES string of the molecule is CCOC(=O)Cn1c(=NC(=O)Cc2ccc(OCC)cc2)sc2cc(Br)ccc21. The van der Waals surface area contributed by atoms with Gasteiger partial charge in [0.1, 0.15) is 12.3 Å². The number of fused-ring (bicyclic) bond motifs is 1. The number of hydrogen-bond acceptors (Lipinski definition) is 5. The third-order valence-electron chi connectivity index (χ3n) is 4.05. The first-order valence-corrected chi connectivity index (χ1v) is 10.8. The Labute approximate surface area is 180 Å². The van der Waals surface area contributed by atoms with E-state index in [2.05, 4.69) is 20.9 Å². The van der Waals surface area contributed by atoms with E-state index in [0.29, 0.717) is 18.0 Å². The summed E-state index contributed by atoms with van der Waals surface area (Å²) >= 11 is 4.82. The molecule has 2 aromatic carbocycles. The van der Waals surface area contributed by atoms with Gasteiger partial charge in [0.2, 0.25) is 0 Å². The second kappa shape index (κ2) is 9.84. The zero-order chi connectivity index (χ0) is 20.8. The van der Waals surface area contributed by atoms with Gasteiger partial charge in [-0.25, -0.2) is 0 Å². The molecular formula is C21H21BrN2O4S. The summed E-state index contributed by atoms with van der Waals surface area (Å²) in [6.07, 6.45) is 0.170. The number of thiazole rings is 1.